The molecule has 4 fully saturated rings. The Morgan fingerprint density at radius 3 is 1.95 bits per heavy atom. The molecular formula is C18H22O. The van der Waals surface area contributed by atoms with Crippen molar-refractivity contribution >= 4 is 0 Å². The van der Waals surface area contributed by atoms with E-state index in [1.165, 1.54) is 44.8 Å². The van der Waals surface area contributed by atoms with E-state index in [1.807, 2.05) is 0 Å². The van der Waals surface area contributed by atoms with Gasteiger partial charge in [-0.25, -0.2) is 0 Å². The molecule has 4 saturated carbocycles. The second-order valence-corrected chi connectivity index (χ2v) is 7.01. The first-order valence-corrected chi connectivity index (χ1v) is 7.65. The third kappa shape index (κ3) is 1.82. The molecule has 5 rings (SSSR count). The molecule has 1 nitrogen and oxygen atoms in total. The van der Waals surface area contributed by atoms with Gasteiger partial charge in [-0.2, -0.15) is 0 Å². The minimum absolute atomic E-state index is 0.501. The standard InChI is InChI=1S/C18H22O/c1-2-19-17-5-3-16(4-6-17)18-10-13-7-14(11-18)9-15(8-13)12-18/h2-6,13-15H,1,7-12H2. The molecule has 0 aromatic heterocycles. The highest BCUT2D eigenvalue weighted by Crippen LogP contribution is 2.60. The van der Waals surface area contributed by atoms with Crippen molar-refractivity contribution in [2.75, 3.05) is 0 Å². The Hall–Kier alpha value is -1.24. The zero-order chi connectivity index (χ0) is 12.9. The maximum atomic E-state index is 5.34. The van der Waals surface area contributed by atoms with Crippen molar-refractivity contribution in [2.24, 2.45) is 17.8 Å². The Morgan fingerprint density at radius 2 is 1.47 bits per heavy atom. The smallest absolute Gasteiger partial charge is 0.126 e. The molecule has 0 spiro atoms. The molecule has 0 saturated heterocycles. The molecule has 100 valence electrons. The van der Waals surface area contributed by atoms with E-state index in [9.17, 15) is 0 Å². The van der Waals surface area contributed by atoms with Crippen molar-refractivity contribution in [2.45, 2.75) is 43.9 Å². The van der Waals surface area contributed by atoms with Gasteiger partial charge in [-0.3, -0.25) is 0 Å². The molecule has 0 N–H and O–H groups in total. The van der Waals surface area contributed by atoms with Crippen LogP contribution in [0.2, 0.25) is 0 Å². The molecule has 0 unspecified atom stereocenters. The minimum atomic E-state index is 0.501. The van der Waals surface area contributed by atoms with Gasteiger partial charge in [-0.15, -0.1) is 0 Å². The molecule has 0 radical (unpaired) electrons. The summed E-state index contributed by atoms with van der Waals surface area (Å²) in [6.45, 7) is 3.61. The van der Waals surface area contributed by atoms with Crippen molar-refractivity contribution in [3.63, 3.8) is 0 Å². The van der Waals surface area contributed by atoms with Crippen LogP contribution in [0.25, 0.3) is 0 Å². The number of hydrogen-bond acceptors (Lipinski definition) is 1. The highest BCUT2D eigenvalue weighted by atomic mass is 16.5. The molecule has 0 amide bonds. The SMILES string of the molecule is C=COc1ccc(C23CC4CC(CC(C4)C2)C3)cc1. The lowest BCUT2D eigenvalue weighted by atomic mass is 9.48. The van der Waals surface area contributed by atoms with Crippen LogP contribution in [-0.4, -0.2) is 0 Å². The van der Waals surface area contributed by atoms with Crippen LogP contribution in [0, 0.1) is 17.8 Å². The highest BCUT2D eigenvalue weighted by molar-refractivity contribution is 5.34. The van der Waals surface area contributed by atoms with Crippen molar-refractivity contribution in [1.29, 1.82) is 0 Å². The van der Waals surface area contributed by atoms with Crippen molar-refractivity contribution in [3.8, 4) is 5.75 Å². The number of hydrogen-bond donors (Lipinski definition) is 0. The molecule has 19 heavy (non-hydrogen) atoms. The lowest BCUT2D eigenvalue weighted by Crippen LogP contribution is -2.48. The van der Waals surface area contributed by atoms with E-state index in [-0.39, 0.29) is 0 Å². The number of benzene rings is 1. The van der Waals surface area contributed by atoms with E-state index in [4.69, 9.17) is 4.74 Å². The van der Waals surface area contributed by atoms with E-state index in [2.05, 4.69) is 30.8 Å². The quantitative estimate of drug-likeness (QED) is 0.712. The van der Waals surface area contributed by atoms with Crippen molar-refractivity contribution < 1.29 is 4.74 Å². The largest absolute Gasteiger partial charge is 0.466 e. The summed E-state index contributed by atoms with van der Waals surface area (Å²) in [5.74, 6) is 3.93. The third-order valence-corrected chi connectivity index (χ3v) is 5.72. The minimum Gasteiger partial charge on any atom is -0.466 e. The monoisotopic (exact) mass is 254 g/mol. The van der Waals surface area contributed by atoms with E-state index in [1.54, 1.807) is 5.56 Å². The van der Waals surface area contributed by atoms with Gasteiger partial charge in [0.2, 0.25) is 0 Å². The van der Waals surface area contributed by atoms with E-state index in [0.717, 1.165) is 23.5 Å². The van der Waals surface area contributed by atoms with Gasteiger partial charge in [0.05, 0.1) is 6.26 Å². The Kier molecular flexibility index (Phi) is 2.51. The van der Waals surface area contributed by atoms with Crippen LogP contribution in [0.15, 0.2) is 37.1 Å². The first kappa shape index (κ1) is 11.6. The fraction of sp³-hybridized carbons (Fsp3) is 0.556. The van der Waals surface area contributed by atoms with Crippen LogP contribution in [0.1, 0.15) is 44.1 Å². The van der Waals surface area contributed by atoms with E-state index in [0.29, 0.717) is 5.41 Å². The van der Waals surface area contributed by atoms with Crippen LogP contribution in [0.4, 0.5) is 0 Å². The molecule has 1 aromatic carbocycles. The summed E-state index contributed by atoms with van der Waals surface area (Å²) >= 11 is 0. The lowest BCUT2D eigenvalue weighted by molar-refractivity contribution is -0.00519. The fourth-order valence-corrected chi connectivity index (χ4v) is 5.45. The van der Waals surface area contributed by atoms with Crippen LogP contribution < -0.4 is 4.74 Å². The van der Waals surface area contributed by atoms with Gasteiger partial charge in [-0.05, 0) is 79.4 Å². The van der Waals surface area contributed by atoms with Gasteiger partial charge in [-0.1, -0.05) is 18.7 Å². The summed E-state index contributed by atoms with van der Waals surface area (Å²) < 4.78 is 5.34. The first-order valence-electron chi connectivity index (χ1n) is 7.65. The van der Waals surface area contributed by atoms with Crippen LogP contribution in [0.5, 0.6) is 5.75 Å². The van der Waals surface area contributed by atoms with Gasteiger partial charge in [0.25, 0.3) is 0 Å². The number of rotatable bonds is 3. The molecule has 1 aromatic rings. The molecule has 4 aliphatic carbocycles. The maximum Gasteiger partial charge on any atom is 0.126 e. The predicted molar refractivity (Wildman–Crippen MR) is 77.1 cm³/mol. The Labute approximate surface area is 115 Å². The molecule has 0 aliphatic heterocycles. The zero-order valence-electron chi connectivity index (χ0n) is 11.5. The maximum absolute atomic E-state index is 5.34. The molecule has 4 bridgehead atoms. The Bertz CT molecular complexity index is 450. The number of ether oxygens (including phenoxy) is 1. The van der Waals surface area contributed by atoms with Gasteiger partial charge in [0.1, 0.15) is 5.75 Å². The van der Waals surface area contributed by atoms with Crippen LogP contribution >= 0.6 is 0 Å². The summed E-state index contributed by atoms with van der Waals surface area (Å²) in [5.41, 5.74) is 2.06. The molecule has 1 heteroatoms. The summed E-state index contributed by atoms with van der Waals surface area (Å²) in [5, 5.41) is 0. The summed E-state index contributed by atoms with van der Waals surface area (Å²) in [7, 11) is 0. The van der Waals surface area contributed by atoms with Crippen LogP contribution in [-0.2, 0) is 5.41 Å². The predicted octanol–water partition coefficient (Wildman–Crippen LogP) is 4.68. The normalized spacial score (nSPS) is 39.3. The lowest BCUT2D eigenvalue weighted by Gasteiger charge is -2.57. The summed E-state index contributed by atoms with van der Waals surface area (Å²) in [6.07, 6.45) is 10.3. The second-order valence-electron chi connectivity index (χ2n) is 7.01. The second kappa shape index (κ2) is 4.13. The molecule has 0 atom stereocenters. The van der Waals surface area contributed by atoms with Gasteiger partial charge < -0.3 is 4.74 Å². The first-order chi connectivity index (χ1) is 9.27. The highest BCUT2D eigenvalue weighted by Gasteiger charge is 2.51. The fourth-order valence-electron chi connectivity index (χ4n) is 5.45. The van der Waals surface area contributed by atoms with E-state index >= 15 is 0 Å². The molecule has 4 aliphatic rings. The van der Waals surface area contributed by atoms with Gasteiger partial charge >= 0.3 is 0 Å². The van der Waals surface area contributed by atoms with E-state index < -0.39 is 0 Å². The topological polar surface area (TPSA) is 9.23 Å². The average molecular weight is 254 g/mol. The average Bonchev–Trinajstić information content (AvgIpc) is 2.38. The van der Waals surface area contributed by atoms with Crippen molar-refractivity contribution in [3.05, 3.63) is 42.7 Å². The van der Waals surface area contributed by atoms with Crippen LogP contribution in [0.3, 0.4) is 0 Å². The Balaban J connectivity index is 1.65. The molecule has 0 heterocycles. The zero-order valence-corrected chi connectivity index (χ0v) is 11.5. The van der Waals surface area contributed by atoms with Gasteiger partial charge in [0, 0.05) is 0 Å². The Morgan fingerprint density at radius 1 is 0.947 bits per heavy atom. The molecular weight excluding hydrogens is 232 g/mol. The summed E-state index contributed by atoms with van der Waals surface area (Å²) in [4.78, 5) is 0. The van der Waals surface area contributed by atoms with Gasteiger partial charge in [0.15, 0.2) is 0 Å². The third-order valence-electron chi connectivity index (χ3n) is 5.72. The van der Waals surface area contributed by atoms with Crippen molar-refractivity contribution in [1.82, 2.24) is 0 Å². The summed E-state index contributed by atoms with van der Waals surface area (Å²) in [6, 6.07) is 8.81.